The van der Waals surface area contributed by atoms with E-state index in [9.17, 15) is 23.2 Å². The third-order valence-corrected chi connectivity index (χ3v) is 5.46. The van der Waals surface area contributed by atoms with E-state index in [-0.39, 0.29) is 23.6 Å². The molecule has 1 saturated heterocycles. The molecule has 0 aromatic heterocycles. The highest BCUT2D eigenvalue weighted by Crippen LogP contribution is 2.34. The van der Waals surface area contributed by atoms with Crippen LogP contribution in [0.5, 0.6) is 0 Å². The number of amides is 2. The topological polar surface area (TPSA) is 75.7 Å². The van der Waals surface area contributed by atoms with Crippen molar-refractivity contribution in [2.24, 2.45) is 0 Å². The van der Waals surface area contributed by atoms with Gasteiger partial charge in [0.1, 0.15) is 17.7 Å². The lowest BCUT2D eigenvalue weighted by molar-refractivity contribution is -0.154. The van der Waals surface area contributed by atoms with Crippen LogP contribution in [0.25, 0.3) is 0 Å². The molecule has 0 aliphatic carbocycles. The zero-order chi connectivity index (χ0) is 21.3. The lowest BCUT2D eigenvalue weighted by atomic mass is 9.90. The fraction of sp³-hybridized carbons (Fsp3) is 0.318. The van der Waals surface area contributed by atoms with Crippen LogP contribution < -0.4 is 5.32 Å². The van der Waals surface area contributed by atoms with Gasteiger partial charge in [-0.3, -0.25) is 14.4 Å². The minimum Gasteiger partial charge on any atom is -0.462 e. The number of esters is 1. The summed E-state index contributed by atoms with van der Waals surface area (Å²) in [5, 5.41) is 2.57. The molecule has 1 N–H and O–H groups in total. The second kappa shape index (κ2) is 8.22. The molecule has 1 fully saturated rings. The number of hydrogen-bond donors (Lipinski definition) is 1. The maximum absolute atomic E-state index is 13.9. The second-order valence-electron chi connectivity index (χ2n) is 7.44. The first-order valence-electron chi connectivity index (χ1n) is 9.76. The Balaban J connectivity index is 1.38. The van der Waals surface area contributed by atoms with Gasteiger partial charge in [0.2, 0.25) is 5.91 Å². The number of nitrogens with zero attached hydrogens (tertiary/aromatic N) is 1. The minimum atomic E-state index is -0.799. The molecule has 2 aromatic rings. The molecule has 2 aromatic carbocycles. The summed E-state index contributed by atoms with van der Waals surface area (Å²) in [6, 6.07) is 9.71. The number of fused-ring (bicyclic) bond motifs is 1. The van der Waals surface area contributed by atoms with Crippen molar-refractivity contribution in [2.45, 2.75) is 31.3 Å². The number of likely N-dealkylation sites (tertiary alicyclic amines) is 1. The third-order valence-electron chi connectivity index (χ3n) is 5.46. The molecule has 0 radical (unpaired) electrons. The number of carbonyl (C=O) groups excluding carboxylic acids is 3. The number of halogens is 2. The molecule has 2 aliphatic heterocycles. The number of hydrogen-bond acceptors (Lipinski definition) is 4. The number of benzene rings is 2. The molecule has 0 spiro atoms. The molecule has 1 unspecified atom stereocenters. The van der Waals surface area contributed by atoms with Crippen LogP contribution in [0.4, 0.5) is 14.5 Å². The van der Waals surface area contributed by atoms with Crippen LogP contribution in [-0.4, -0.2) is 41.9 Å². The fourth-order valence-corrected chi connectivity index (χ4v) is 3.88. The number of ether oxygens (including phenoxy) is 1. The zero-order valence-electron chi connectivity index (χ0n) is 16.1. The lowest BCUT2D eigenvalue weighted by Gasteiger charge is -2.33. The summed E-state index contributed by atoms with van der Waals surface area (Å²) < 4.78 is 32.9. The predicted molar refractivity (Wildman–Crippen MR) is 104 cm³/mol. The Labute approximate surface area is 171 Å². The van der Waals surface area contributed by atoms with Crippen molar-refractivity contribution >= 4 is 23.5 Å². The molecule has 2 heterocycles. The Morgan fingerprint density at radius 2 is 1.80 bits per heavy atom. The molecule has 0 bridgehead atoms. The largest absolute Gasteiger partial charge is 0.462 e. The van der Waals surface area contributed by atoms with Crippen molar-refractivity contribution in [3.8, 4) is 0 Å². The highest BCUT2D eigenvalue weighted by Gasteiger charge is 2.34. The van der Waals surface area contributed by atoms with Crippen LogP contribution in [0.1, 0.15) is 41.1 Å². The minimum absolute atomic E-state index is 0.0185. The van der Waals surface area contributed by atoms with Crippen molar-refractivity contribution in [3.63, 3.8) is 0 Å². The molecule has 2 amide bonds. The zero-order valence-corrected chi connectivity index (χ0v) is 16.1. The van der Waals surface area contributed by atoms with Gasteiger partial charge in [0.05, 0.1) is 11.5 Å². The number of carbonyl (C=O) groups is 3. The van der Waals surface area contributed by atoms with Crippen LogP contribution in [0.15, 0.2) is 42.5 Å². The van der Waals surface area contributed by atoms with Gasteiger partial charge in [-0.25, -0.2) is 8.78 Å². The fourth-order valence-electron chi connectivity index (χ4n) is 3.88. The summed E-state index contributed by atoms with van der Waals surface area (Å²) in [7, 11) is 0. The van der Waals surface area contributed by atoms with Crippen molar-refractivity contribution in [3.05, 3.63) is 65.2 Å². The van der Waals surface area contributed by atoms with Crippen LogP contribution in [0.2, 0.25) is 0 Å². The van der Waals surface area contributed by atoms with Gasteiger partial charge in [0, 0.05) is 38.0 Å². The smallest absolute Gasteiger partial charge is 0.314 e. The summed E-state index contributed by atoms with van der Waals surface area (Å²) >= 11 is 0. The summed E-state index contributed by atoms with van der Waals surface area (Å²) in [6.07, 6.45) is 0.362. The summed E-state index contributed by atoms with van der Waals surface area (Å²) in [4.78, 5) is 38.7. The third kappa shape index (κ3) is 4.03. The number of nitrogens with one attached hydrogen (secondary N) is 1. The molecule has 6 nitrogen and oxygen atoms in total. The summed E-state index contributed by atoms with van der Waals surface area (Å²) in [5.74, 6) is -3.18. The van der Waals surface area contributed by atoms with Gasteiger partial charge in [0.15, 0.2) is 0 Å². The molecule has 1 atom stereocenters. The predicted octanol–water partition coefficient (Wildman–Crippen LogP) is 3.24. The van der Waals surface area contributed by atoms with Crippen molar-refractivity contribution in [2.75, 3.05) is 18.4 Å². The molecular weight excluding hydrogens is 394 g/mol. The van der Waals surface area contributed by atoms with E-state index in [0.717, 1.165) is 0 Å². The van der Waals surface area contributed by atoms with E-state index >= 15 is 0 Å². The summed E-state index contributed by atoms with van der Waals surface area (Å²) in [6.45, 7) is 0.663. The average molecular weight is 414 g/mol. The van der Waals surface area contributed by atoms with Crippen LogP contribution in [-0.2, 0) is 14.3 Å². The molecule has 4 rings (SSSR count). The monoisotopic (exact) mass is 414 g/mol. The molecular formula is C22H20F2N2O4. The SMILES string of the molecule is O=C1CC(C(=O)OC2CCN(C(=O)c3ccccc3F)CC2)c2ccc(F)cc2N1. The normalized spacial score (nSPS) is 19.1. The lowest BCUT2D eigenvalue weighted by Crippen LogP contribution is -2.42. The average Bonchev–Trinajstić information content (AvgIpc) is 2.73. The van der Waals surface area contributed by atoms with E-state index in [4.69, 9.17) is 4.74 Å². The van der Waals surface area contributed by atoms with Gasteiger partial charge in [0.25, 0.3) is 5.91 Å². The van der Waals surface area contributed by atoms with Crippen molar-refractivity contribution < 1.29 is 27.9 Å². The van der Waals surface area contributed by atoms with Crippen LogP contribution in [0, 0.1) is 11.6 Å². The molecule has 156 valence electrons. The molecule has 0 saturated carbocycles. The van der Waals surface area contributed by atoms with Gasteiger partial charge >= 0.3 is 5.97 Å². The maximum Gasteiger partial charge on any atom is 0.314 e. The highest BCUT2D eigenvalue weighted by molar-refractivity contribution is 6.00. The van der Waals surface area contributed by atoms with E-state index < -0.39 is 35.5 Å². The van der Waals surface area contributed by atoms with Gasteiger partial charge in [-0.05, 0) is 29.8 Å². The van der Waals surface area contributed by atoms with E-state index in [1.54, 1.807) is 6.07 Å². The van der Waals surface area contributed by atoms with Crippen molar-refractivity contribution in [1.29, 1.82) is 0 Å². The first-order chi connectivity index (χ1) is 14.4. The Morgan fingerprint density at radius 3 is 2.53 bits per heavy atom. The Kier molecular flexibility index (Phi) is 5.48. The van der Waals surface area contributed by atoms with Gasteiger partial charge in [-0.2, -0.15) is 0 Å². The van der Waals surface area contributed by atoms with Crippen molar-refractivity contribution in [1.82, 2.24) is 4.90 Å². The Hall–Kier alpha value is -3.29. The molecule has 30 heavy (non-hydrogen) atoms. The Bertz CT molecular complexity index is 1000. The number of piperidine rings is 1. The first kappa shape index (κ1) is 20.0. The Morgan fingerprint density at radius 1 is 1.07 bits per heavy atom. The van der Waals surface area contributed by atoms with Gasteiger partial charge in [-0.1, -0.05) is 18.2 Å². The van der Waals surface area contributed by atoms with Crippen LogP contribution >= 0.6 is 0 Å². The van der Waals surface area contributed by atoms with E-state index in [0.29, 0.717) is 31.5 Å². The standard InChI is InChI=1S/C22H20F2N2O4/c23-13-5-6-15-17(12-20(27)25-19(15)11-13)22(29)30-14-7-9-26(10-8-14)21(28)16-3-1-2-4-18(16)24/h1-6,11,14,17H,7-10,12H2,(H,25,27). The second-order valence-corrected chi connectivity index (χ2v) is 7.44. The quantitative estimate of drug-likeness (QED) is 0.783. The summed E-state index contributed by atoms with van der Waals surface area (Å²) in [5.41, 5.74) is 0.816. The molecule has 8 heteroatoms. The molecule has 2 aliphatic rings. The van der Waals surface area contributed by atoms with Gasteiger partial charge in [-0.15, -0.1) is 0 Å². The van der Waals surface area contributed by atoms with E-state index in [1.165, 1.54) is 41.3 Å². The van der Waals surface area contributed by atoms with Crippen LogP contribution in [0.3, 0.4) is 0 Å². The van der Waals surface area contributed by atoms with E-state index in [2.05, 4.69) is 5.32 Å². The maximum atomic E-state index is 13.9. The number of rotatable bonds is 3. The van der Waals surface area contributed by atoms with Gasteiger partial charge < -0.3 is 15.0 Å². The van der Waals surface area contributed by atoms with E-state index in [1.807, 2.05) is 0 Å². The number of anilines is 1. The highest BCUT2D eigenvalue weighted by atomic mass is 19.1. The first-order valence-corrected chi connectivity index (χ1v) is 9.76.